The fourth-order valence-electron chi connectivity index (χ4n) is 2.70. The van der Waals surface area contributed by atoms with Crippen LogP contribution in [0.25, 0.3) is 0 Å². The number of benzene rings is 1. The van der Waals surface area contributed by atoms with Gasteiger partial charge in [0.25, 0.3) is 11.8 Å². The lowest BCUT2D eigenvalue weighted by Gasteiger charge is -2.27. The molecule has 6 nitrogen and oxygen atoms in total. The zero-order chi connectivity index (χ0) is 18.0. The molecular formula is C18H21FN4O2. The van der Waals surface area contributed by atoms with Gasteiger partial charge in [0, 0.05) is 25.7 Å². The summed E-state index contributed by atoms with van der Waals surface area (Å²) in [6, 6.07) is 7.63. The van der Waals surface area contributed by atoms with E-state index in [0.717, 1.165) is 5.56 Å². The molecule has 2 amide bonds. The van der Waals surface area contributed by atoms with E-state index < -0.39 is 0 Å². The third-order valence-corrected chi connectivity index (χ3v) is 4.06. The lowest BCUT2D eigenvalue weighted by molar-refractivity contribution is 0.0683. The highest BCUT2D eigenvalue weighted by Crippen LogP contribution is 2.17. The van der Waals surface area contributed by atoms with Crippen molar-refractivity contribution in [1.82, 2.24) is 20.0 Å². The van der Waals surface area contributed by atoms with Gasteiger partial charge in [0.2, 0.25) is 0 Å². The van der Waals surface area contributed by atoms with Gasteiger partial charge in [-0.2, -0.15) is 5.10 Å². The monoisotopic (exact) mass is 344 g/mol. The standard InChI is InChI=1S/C18H21FN4O2/c1-12(2)10-20-17(24)15-9-16-18(25)22(7-8-23(16)21-15)11-13-3-5-14(19)6-4-13/h3-6,9,12H,7-8,10-11H2,1-2H3,(H,20,24). The second kappa shape index (κ2) is 7.04. The minimum absolute atomic E-state index is 0.175. The molecule has 1 aromatic heterocycles. The zero-order valence-electron chi connectivity index (χ0n) is 14.3. The molecule has 1 aliphatic heterocycles. The summed E-state index contributed by atoms with van der Waals surface area (Å²) in [5.41, 5.74) is 1.52. The SMILES string of the molecule is CC(C)CNC(=O)c1cc2n(n1)CCN(Cc1ccc(F)cc1)C2=O. The minimum atomic E-state index is -0.302. The van der Waals surface area contributed by atoms with Gasteiger partial charge >= 0.3 is 0 Å². The molecule has 0 unspecified atom stereocenters. The van der Waals surface area contributed by atoms with Crippen molar-refractivity contribution in [3.8, 4) is 0 Å². The van der Waals surface area contributed by atoms with Crippen LogP contribution in [0.3, 0.4) is 0 Å². The number of nitrogens with one attached hydrogen (secondary N) is 1. The number of carbonyl (C=O) groups excluding carboxylic acids is 2. The van der Waals surface area contributed by atoms with Crippen LogP contribution >= 0.6 is 0 Å². The summed E-state index contributed by atoms with van der Waals surface area (Å²) in [4.78, 5) is 26.5. The van der Waals surface area contributed by atoms with Gasteiger partial charge < -0.3 is 10.2 Å². The molecule has 7 heteroatoms. The number of halogens is 1. The molecule has 3 rings (SSSR count). The highest BCUT2D eigenvalue weighted by molar-refractivity contribution is 5.98. The van der Waals surface area contributed by atoms with Crippen molar-refractivity contribution in [2.45, 2.75) is 26.9 Å². The Morgan fingerprint density at radius 3 is 2.68 bits per heavy atom. The summed E-state index contributed by atoms with van der Waals surface area (Å²) in [6.07, 6.45) is 0. The molecule has 1 aromatic carbocycles. The van der Waals surface area contributed by atoms with E-state index in [0.29, 0.717) is 37.8 Å². The number of amides is 2. The fraction of sp³-hybridized carbons (Fsp3) is 0.389. The average molecular weight is 344 g/mol. The Bertz CT molecular complexity index is 783. The first-order valence-electron chi connectivity index (χ1n) is 8.34. The van der Waals surface area contributed by atoms with Gasteiger partial charge in [-0.1, -0.05) is 26.0 Å². The number of hydrogen-bond donors (Lipinski definition) is 1. The van der Waals surface area contributed by atoms with Crippen LogP contribution in [0.2, 0.25) is 0 Å². The van der Waals surface area contributed by atoms with Crippen LogP contribution in [-0.2, 0) is 13.1 Å². The first-order valence-corrected chi connectivity index (χ1v) is 8.34. The molecule has 0 aliphatic carbocycles. The van der Waals surface area contributed by atoms with E-state index >= 15 is 0 Å². The topological polar surface area (TPSA) is 67.2 Å². The number of rotatable bonds is 5. The summed E-state index contributed by atoms with van der Waals surface area (Å²) in [7, 11) is 0. The smallest absolute Gasteiger partial charge is 0.272 e. The quantitative estimate of drug-likeness (QED) is 0.903. The number of carbonyl (C=O) groups is 2. The lowest BCUT2D eigenvalue weighted by atomic mass is 10.2. The molecule has 0 fully saturated rings. The molecule has 0 spiro atoms. The molecule has 0 bridgehead atoms. The van der Waals surface area contributed by atoms with E-state index in [-0.39, 0.29) is 23.3 Å². The lowest BCUT2D eigenvalue weighted by Crippen LogP contribution is -2.39. The first-order chi connectivity index (χ1) is 11.9. The largest absolute Gasteiger partial charge is 0.350 e. The van der Waals surface area contributed by atoms with E-state index in [4.69, 9.17) is 0 Å². The van der Waals surface area contributed by atoms with E-state index in [2.05, 4.69) is 10.4 Å². The summed E-state index contributed by atoms with van der Waals surface area (Å²) in [5.74, 6) is -0.405. The zero-order valence-corrected chi connectivity index (χ0v) is 14.3. The Kier molecular flexibility index (Phi) is 4.83. The predicted octanol–water partition coefficient (Wildman–Crippen LogP) is 2.06. The van der Waals surface area contributed by atoms with Crippen LogP contribution in [0.15, 0.2) is 30.3 Å². The molecular weight excluding hydrogens is 323 g/mol. The molecule has 1 N–H and O–H groups in total. The van der Waals surface area contributed by atoms with Crippen molar-refractivity contribution in [3.05, 3.63) is 53.1 Å². The first kappa shape index (κ1) is 17.1. The van der Waals surface area contributed by atoms with Crippen LogP contribution < -0.4 is 5.32 Å². The van der Waals surface area contributed by atoms with Gasteiger partial charge in [-0.15, -0.1) is 0 Å². The Hall–Kier alpha value is -2.70. The molecule has 0 saturated heterocycles. The van der Waals surface area contributed by atoms with Crippen LogP contribution in [-0.4, -0.2) is 39.6 Å². The Balaban J connectivity index is 1.72. The van der Waals surface area contributed by atoms with E-state index in [1.165, 1.54) is 18.2 Å². The van der Waals surface area contributed by atoms with Gasteiger partial charge in [0.15, 0.2) is 5.69 Å². The van der Waals surface area contributed by atoms with E-state index in [1.807, 2.05) is 13.8 Å². The highest BCUT2D eigenvalue weighted by Gasteiger charge is 2.27. The van der Waals surface area contributed by atoms with Gasteiger partial charge in [-0.3, -0.25) is 14.3 Å². The van der Waals surface area contributed by atoms with Crippen molar-refractivity contribution in [2.75, 3.05) is 13.1 Å². The normalized spacial score (nSPS) is 13.9. The summed E-state index contributed by atoms with van der Waals surface area (Å²) in [5, 5.41) is 7.04. The van der Waals surface area contributed by atoms with Crippen LogP contribution in [0, 0.1) is 11.7 Å². The van der Waals surface area contributed by atoms with Gasteiger partial charge in [0.05, 0.1) is 6.54 Å². The molecule has 0 radical (unpaired) electrons. The highest BCUT2D eigenvalue weighted by atomic mass is 19.1. The average Bonchev–Trinajstić information content (AvgIpc) is 3.02. The van der Waals surface area contributed by atoms with Gasteiger partial charge in [-0.25, -0.2) is 4.39 Å². The number of aromatic nitrogens is 2. The minimum Gasteiger partial charge on any atom is -0.350 e. The molecule has 25 heavy (non-hydrogen) atoms. The van der Waals surface area contributed by atoms with Crippen LogP contribution in [0.1, 0.15) is 40.4 Å². The number of nitrogens with zero attached hydrogens (tertiary/aromatic N) is 3. The summed E-state index contributed by atoms with van der Waals surface area (Å²) >= 11 is 0. The molecule has 2 heterocycles. The summed E-state index contributed by atoms with van der Waals surface area (Å²) in [6.45, 7) is 6.01. The fourth-order valence-corrected chi connectivity index (χ4v) is 2.70. The van der Waals surface area contributed by atoms with Crippen molar-refractivity contribution in [3.63, 3.8) is 0 Å². The van der Waals surface area contributed by atoms with Crippen LogP contribution in [0.4, 0.5) is 4.39 Å². The maximum Gasteiger partial charge on any atom is 0.272 e. The molecule has 1 aliphatic rings. The molecule has 0 atom stereocenters. The number of hydrogen-bond acceptors (Lipinski definition) is 3. The maximum absolute atomic E-state index is 13.0. The summed E-state index contributed by atoms with van der Waals surface area (Å²) < 4.78 is 14.6. The third kappa shape index (κ3) is 3.87. The van der Waals surface area contributed by atoms with Crippen molar-refractivity contribution >= 4 is 11.8 Å². The van der Waals surface area contributed by atoms with Gasteiger partial charge in [0.1, 0.15) is 11.5 Å². The Morgan fingerprint density at radius 2 is 2.00 bits per heavy atom. The van der Waals surface area contributed by atoms with E-state index in [1.54, 1.807) is 21.7 Å². The van der Waals surface area contributed by atoms with Crippen molar-refractivity contribution < 1.29 is 14.0 Å². The molecule has 0 saturated carbocycles. The second-order valence-corrected chi connectivity index (χ2v) is 6.60. The Labute approximate surface area is 145 Å². The molecule has 132 valence electrons. The Morgan fingerprint density at radius 1 is 1.28 bits per heavy atom. The second-order valence-electron chi connectivity index (χ2n) is 6.60. The third-order valence-electron chi connectivity index (χ3n) is 4.06. The number of fused-ring (bicyclic) bond motifs is 1. The van der Waals surface area contributed by atoms with Crippen molar-refractivity contribution in [1.29, 1.82) is 0 Å². The molecule has 2 aromatic rings. The van der Waals surface area contributed by atoms with Crippen LogP contribution in [0.5, 0.6) is 0 Å². The van der Waals surface area contributed by atoms with E-state index in [9.17, 15) is 14.0 Å². The van der Waals surface area contributed by atoms with Gasteiger partial charge in [-0.05, 0) is 23.6 Å². The van der Waals surface area contributed by atoms with Crippen molar-refractivity contribution in [2.24, 2.45) is 5.92 Å². The predicted molar refractivity (Wildman–Crippen MR) is 90.5 cm³/mol. The maximum atomic E-state index is 13.0.